The van der Waals surface area contributed by atoms with Crippen LogP contribution in [0, 0.1) is 6.92 Å². The number of halogens is 1. The Labute approximate surface area is 143 Å². The van der Waals surface area contributed by atoms with Crippen LogP contribution in [0.3, 0.4) is 0 Å². The van der Waals surface area contributed by atoms with Crippen molar-refractivity contribution in [2.45, 2.75) is 31.6 Å². The fourth-order valence-corrected chi connectivity index (χ4v) is 4.40. The molecule has 1 heterocycles. The smallest absolute Gasteiger partial charge is 0.243 e. The summed E-state index contributed by atoms with van der Waals surface area (Å²) in [7, 11) is -3.57. The molecule has 0 spiro atoms. The third-order valence-electron chi connectivity index (χ3n) is 3.58. The van der Waals surface area contributed by atoms with Crippen molar-refractivity contribution >= 4 is 21.6 Å². The molecule has 0 fully saturated rings. The molecule has 0 radical (unpaired) electrons. The van der Waals surface area contributed by atoms with E-state index in [-0.39, 0.29) is 4.90 Å². The zero-order valence-electron chi connectivity index (χ0n) is 13.4. The van der Waals surface area contributed by atoms with E-state index < -0.39 is 10.0 Å². The first kappa shape index (κ1) is 17.9. The van der Waals surface area contributed by atoms with E-state index in [1.54, 1.807) is 25.3 Å². The Bertz CT molecular complexity index is 748. The van der Waals surface area contributed by atoms with Crippen LogP contribution in [-0.2, 0) is 16.4 Å². The maximum Gasteiger partial charge on any atom is 0.243 e. The van der Waals surface area contributed by atoms with Gasteiger partial charge in [0.15, 0.2) is 0 Å². The topological polar surface area (TPSA) is 50.3 Å². The molecule has 0 atom stereocenters. The molecule has 0 bridgehead atoms. The van der Waals surface area contributed by atoms with Gasteiger partial charge in [0, 0.05) is 36.4 Å². The van der Waals surface area contributed by atoms with Crippen LogP contribution in [0.5, 0.6) is 0 Å². The zero-order valence-corrected chi connectivity index (χ0v) is 14.9. The monoisotopic (exact) mass is 352 g/mol. The number of hydrogen-bond donors (Lipinski definition) is 0. The van der Waals surface area contributed by atoms with Gasteiger partial charge in [-0.1, -0.05) is 30.7 Å². The second-order valence-electron chi connectivity index (χ2n) is 5.38. The van der Waals surface area contributed by atoms with E-state index >= 15 is 0 Å². The lowest BCUT2D eigenvalue weighted by Crippen LogP contribution is -2.34. The Kier molecular flexibility index (Phi) is 6.16. The number of aryl methyl sites for hydroxylation is 1. The lowest BCUT2D eigenvalue weighted by molar-refractivity contribution is 0.412. The predicted octanol–water partition coefficient (Wildman–Crippen LogP) is 3.69. The number of hydrogen-bond acceptors (Lipinski definition) is 3. The van der Waals surface area contributed by atoms with Gasteiger partial charge in [-0.15, -0.1) is 0 Å². The van der Waals surface area contributed by atoms with E-state index in [9.17, 15) is 8.42 Å². The van der Waals surface area contributed by atoms with Gasteiger partial charge < -0.3 is 0 Å². The molecule has 0 saturated heterocycles. The summed E-state index contributed by atoms with van der Waals surface area (Å²) < 4.78 is 27.4. The van der Waals surface area contributed by atoms with Crippen molar-refractivity contribution in [3.63, 3.8) is 0 Å². The summed E-state index contributed by atoms with van der Waals surface area (Å²) in [6.45, 7) is 4.63. The number of rotatable bonds is 7. The van der Waals surface area contributed by atoms with Gasteiger partial charge in [-0.3, -0.25) is 4.98 Å². The molecule has 0 unspecified atom stereocenters. The average Bonchev–Trinajstić information content (AvgIpc) is 2.54. The number of nitrogens with zero attached hydrogens (tertiary/aromatic N) is 2. The van der Waals surface area contributed by atoms with Gasteiger partial charge >= 0.3 is 0 Å². The van der Waals surface area contributed by atoms with Gasteiger partial charge in [0.2, 0.25) is 10.0 Å². The largest absolute Gasteiger partial charge is 0.261 e. The minimum Gasteiger partial charge on any atom is -0.261 e. The molecular weight excluding hydrogens is 332 g/mol. The Morgan fingerprint density at radius 1 is 1.17 bits per heavy atom. The van der Waals surface area contributed by atoms with E-state index in [0.717, 1.165) is 12.1 Å². The van der Waals surface area contributed by atoms with Gasteiger partial charge in [0.1, 0.15) is 0 Å². The lowest BCUT2D eigenvalue weighted by atomic mass is 10.2. The molecule has 2 rings (SSSR count). The van der Waals surface area contributed by atoms with Crippen LogP contribution < -0.4 is 0 Å². The molecule has 0 aliphatic rings. The van der Waals surface area contributed by atoms with Crippen LogP contribution >= 0.6 is 11.6 Å². The molecule has 4 nitrogen and oxygen atoms in total. The van der Waals surface area contributed by atoms with Gasteiger partial charge in [-0.2, -0.15) is 4.31 Å². The van der Waals surface area contributed by atoms with Crippen molar-refractivity contribution in [3.05, 3.63) is 58.9 Å². The van der Waals surface area contributed by atoms with Crippen molar-refractivity contribution < 1.29 is 8.42 Å². The van der Waals surface area contributed by atoms with Gasteiger partial charge in [0.25, 0.3) is 0 Å². The van der Waals surface area contributed by atoms with Crippen LogP contribution in [0.1, 0.15) is 24.6 Å². The average molecular weight is 353 g/mol. The minimum absolute atomic E-state index is 0.277. The summed E-state index contributed by atoms with van der Waals surface area (Å²) in [4.78, 5) is 4.53. The fraction of sp³-hybridized carbons (Fsp3) is 0.353. The first-order valence-electron chi connectivity index (χ1n) is 7.61. The normalized spacial score (nSPS) is 11.8. The molecule has 1 aromatic heterocycles. The molecule has 6 heteroatoms. The number of benzene rings is 1. The molecule has 0 N–H and O–H groups in total. The van der Waals surface area contributed by atoms with Crippen LogP contribution in [-0.4, -0.2) is 30.8 Å². The molecule has 1 aromatic carbocycles. The maximum absolute atomic E-state index is 13.0. The highest BCUT2D eigenvalue weighted by Gasteiger charge is 2.25. The molecule has 0 aliphatic heterocycles. The van der Waals surface area contributed by atoms with E-state index in [2.05, 4.69) is 4.98 Å². The third kappa shape index (κ3) is 4.53. The van der Waals surface area contributed by atoms with E-state index in [0.29, 0.717) is 30.1 Å². The molecule has 23 heavy (non-hydrogen) atoms. The highest BCUT2D eigenvalue weighted by atomic mass is 35.5. The predicted molar refractivity (Wildman–Crippen MR) is 93.2 cm³/mol. The molecule has 2 aromatic rings. The van der Waals surface area contributed by atoms with Crippen LogP contribution in [0.4, 0.5) is 0 Å². The van der Waals surface area contributed by atoms with Gasteiger partial charge in [-0.05, 0) is 43.2 Å². The van der Waals surface area contributed by atoms with Crippen molar-refractivity contribution in [2.24, 2.45) is 0 Å². The third-order valence-corrected chi connectivity index (χ3v) is 5.86. The molecule has 0 saturated carbocycles. The Morgan fingerprint density at radius 2 is 1.96 bits per heavy atom. The maximum atomic E-state index is 13.0. The summed E-state index contributed by atoms with van der Waals surface area (Å²) in [5.74, 6) is 0. The van der Waals surface area contributed by atoms with Crippen molar-refractivity contribution in [1.29, 1.82) is 0 Å². The summed E-state index contributed by atoms with van der Waals surface area (Å²) in [6.07, 6.45) is 3.05. The summed E-state index contributed by atoms with van der Waals surface area (Å²) in [6, 6.07) is 10.6. The standard InChI is InChI=1S/C17H21ClN2O2S/c1-3-11-20(12-9-16-6-4-5-10-19-16)23(21,22)17-13-15(18)8-7-14(17)2/h4-8,10,13H,3,9,11-12H2,1-2H3. The Balaban J connectivity index is 2.26. The summed E-state index contributed by atoms with van der Waals surface area (Å²) >= 11 is 5.98. The van der Waals surface area contributed by atoms with E-state index in [1.807, 2.05) is 25.1 Å². The molecule has 124 valence electrons. The number of sulfonamides is 1. The zero-order chi connectivity index (χ0) is 16.9. The number of pyridine rings is 1. The molecule has 0 aliphatic carbocycles. The van der Waals surface area contributed by atoms with Crippen LogP contribution in [0.15, 0.2) is 47.5 Å². The quantitative estimate of drug-likeness (QED) is 0.763. The van der Waals surface area contributed by atoms with Gasteiger partial charge in [0.05, 0.1) is 4.90 Å². The lowest BCUT2D eigenvalue weighted by Gasteiger charge is -2.22. The van der Waals surface area contributed by atoms with Crippen molar-refractivity contribution in [3.8, 4) is 0 Å². The van der Waals surface area contributed by atoms with Crippen molar-refractivity contribution in [1.82, 2.24) is 9.29 Å². The fourth-order valence-electron chi connectivity index (χ4n) is 2.38. The van der Waals surface area contributed by atoms with Gasteiger partial charge in [-0.25, -0.2) is 8.42 Å². The first-order chi connectivity index (χ1) is 10.9. The molecule has 0 amide bonds. The second kappa shape index (κ2) is 7.90. The second-order valence-corrected chi connectivity index (χ2v) is 7.73. The van der Waals surface area contributed by atoms with E-state index in [4.69, 9.17) is 11.6 Å². The first-order valence-corrected chi connectivity index (χ1v) is 9.43. The number of aromatic nitrogens is 1. The van der Waals surface area contributed by atoms with Crippen molar-refractivity contribution in [2.75, 3.05) is 13.1 Å². The highest BCUT2D eigenvalue weighted by Crippen LogP contribution is 2.24. The molecular formula is C17H21ClN2O2S. The SMILES string of the molecule is CCCN(CCc1ccccn1)S(=O)(=O)c1cc(Cl)ccc1C. The van der Waals surface area contributed by atoms with Crippen LogP contribution in [0.2, 0.25) is 5.02 Å². The summed E-state index contributed by atoms with van der Waals surface area (Å²) in [5.41, 5.74) is 1.58. The summed E-state index contributed by atoms with van der Waals surface area (Å²) in [5, 5.41) is 0.426. The minimum atomic E-state index is -3.57. The van der Waals surface area contributed by atoms with E-state index in [1.165, 1.54) is 10.4 Å². The Morgan fingerprint density at radius 3 is 2.61 bits per heavy atom. The highest BCUT2D eigenvalue weighted by molar-refractivity contribution is 7.89. The Hall–Kier alpha value is -1.43. The van der Waals surface area contributed by atoms with Crippen LogP contribution in [0.25, 0.3) is 0 Å².